The van der Waals surface area contributed by atoms with Gasteiger partial charge in [0, 0.05) is 16.9 Å². The molecule has 3 nitrogen and oxygen atoms in total. The summed E-state index contributed by atoms with van der Waals surface area (Å²) in [7, 11) is 0. The average Bonchev–Trinajstić information content (AvgIpc) is 2.93. The summed E-state index contributed by atoms with van der Waals surface area (Å²) >= 11 is 1.77. The quantitative estimate of drug-likeness (QED) is 0.812. The summed E-state index contributed by atoms with van der Waals surface area (Å²) in [5.41, 5.74) is 2.16. The van der Waals surface area contributed by atoms with Gasteiger partial charge in [-0.05, 0) is 31.0 Å². The van der Waals surface area contributed by atoms with Gasteiger partial charge in [-0.2, -0.15) is 0 Å². The van der Waals surface area contributed by atoms with E-state index in [2.05, 4.69) is 5.38 Å². The van der Waals surface area contributed by atoms with Gasteiger partial charge < -0.3 is 9.47 Å². The molecule has 0 N–H and O–H groups in total. The van der Waals surface area contributed by atoms with E-state index < -0.39 is 0 Å². The molecule has 0 spiro atoms. The number of ether oxygens (including phenoxy) is 2. The van der Waals surface area contributed by atoms with Gasteiger partial charge in [0.2, 0.25) is 6.79 Å². The SMILES string of the molecule is c1cc2c(cc1-c1csc(C3CC3)n1)OCO2. The number of aromatic nitrogens is 1. The fraction of sp³-hybridized carbons (Fsp3) is 0.308. The summed E-state index contributed by atoms with van der Waals surface area (Å²) in [4.78, 5) is 4.69. The number of hydrogen-bond acceptors (Lipinski definition) is 4. The molecule has 2 heterocycles. The number of nitrogens with zero attached hydrogens (tertiary/aromatic N) is 1. The maximum absolute atomic E-state index is 5.38. The Kier molecular flexibility index (Phi) is 1.93. The van der Waals surface area contributed by atoms with E-state index in [0.717, 1.165) is 28.7 Å². The molecule has 1 fully saturated rings. The summed E-state index contributed by atoms with van der Waals surface area (Å²) in [6.45, 7) is 0.323. The van der Waals surface area contributed by atoms with E-state index in [0.29, 0.717) is 6.79 Å². The van der Waals surface area contributed by atoms with Crippen LogP contribution in [-0.2, 0) is 0 Å². The van der Waals surface area contributed by atoms with Crippen molar-refractivity contribution >= 4 is 11.3 Å². The zero-order valence-corrected chi connectivity index (χ0v) is 10.00. The monoisotopic (exact) mass is 245 g/mol. The number of benzene rings is 1. The molecule has 0 atom stereocenters. The first-order valence-electron chi connectivity index (χ1n) is 5.75. The minimum atomic E-state index is 0.323. The molecule has 2 aliphatic rings. The van der Waals surface area contributed by atoms with E-state index >= 15 is 0 Å². The second kappa shape index (κ2) is 3.47. The highest BCUT2D eigenvalue weighted by molar-refractivity contribution is 7.10. The third-order valence-corrected chi connectivity index (χ3v) is 4.12. The molecular weight excluding hydrogens is 234 g/mol. The fourth-order valence-electron chi connectivity index (χ4n) is 1.99. The predicted molar refractivity (Wildman–Crippen MR) is 65.6 cm³/mol. The fourth-order valence-corrected chi connectivity index (χ4v) is 2.99. The van der Waals surface area contributed by atoms with Crippen LogP contribution in [0.4, 0.5) is 0 Å². The molecule has 0 amide bonds. The van der Waals surface area contributed by atoms with Gasteiger partial charge in [-0.1, -0.05) is 0 Å². The van der Waals surface area contributed by atoms with Crippen LogP contribution in [0.15, 0.2) is 23.6 Å². The summed E-state index contributed by atoms with van der Waals surface area (Å²) in [6.07, 6.45) is 2.60. The minimum absolute atomic E-state index is 0.323. The first-order valence-corrected chi connectivity index (χ1v) is 6.63. The summed E-state index contributed by atoms with van der Waals surface area (Å²) < 4.78 is 10.7. The Balaban J connectivity index is 1.72. The molecule has 1 saturated carbocycles. The number of hydrogen-bond donors (Lipinski definition) is 0. The second-order valence-corrected chi connectivity index (χ2v) is 5.30. The topological polar surface area (TPSA) is 31.4 Å². The lowest BCUT2D eigenvalue weighted by Crippen LogP contribution is -1.92. The molecule has 1 aliphatic carbocycles. The Morgan fingerprint density at radius 1 is 1.18 bits per heavy atom. The van der Waals surface area contributed by atoms with Crippen LogP contribution >= 0.6 is 11.3 Å². The van der Waals surface area contributed by atoms with Gasteiger partial charge in [0.25, 0.3) is 0 Å². The maximum atomic E-state index is 5.38. The van der Waals surface area contributed by atoms with Crippen LogP contribution in [0.25, 0.3) is 11.3 Å². The van der Waals surface area contributed by atoms with Crippen LogP contribution in [0.5, 0.6) is 11.5 Å². The van der Waals surface area contributed by atoms with Crippen LogP contribution in [0.2, 0.25) is 0 Å². The molecule has 4 heteroatoms. The molecular formula is C13H11NO2S. The van der Waals surface area contributed by atoms with Crippen molar-refractivity contribution in [3.05, 3.63) is 28.6 Å². The minimum Gasteiger partial charge on any atom is -0.454 e. The van der Waals surface area contributed by atoms with Crippen molar-refractivity contribution < 1.29 is 9.47 Å². The Bertz CT molecular complexity index is 575. The molecule has 1 aromatic carbocycles. The summed E-state index contributed by atoms with van der Waals surface area (Å²) in [5, 5.41) is 3.41. The molecule has 0 saturated heterocycles. The van der Waals surface area contributed by atoms with E-state index in [1.54, 1.807) is 11.3 Å². The van der Waals surface area contributed by atoms with Crippen LogP contribution < -0.4 is 9.47 Å². The lowest BCUT2D eigenvalue weighted by molar-refractivity contribution is 0.174. The van der Waals surface area contributed by atoms with E-state index in [4.69, 9.17) is 14.5 Å². The molecule has 86 valence electrons. The number of thiazole rings is 1. The molecule has 0 unspecified atom stereocenters. The van der Waals surface area contributed by atoms with E-state index in [9.17, 15) is 0 Å². The van der Waals surface area contributed by atoms with Crippen molar-refractivity contribution in [2.24, 2.45) is 0 Å². The van der Waals surface area contributed by atoms with E-state index in [1.807, 2.05) is 18.2 Å². The van der Waals surface area contributed by atoms with Crippen LogP contribution in [-0.4, -0.2) is 11.8 Å². The highest BCUT2D eigenvalue weighted by Gasteiger charge is 2.27. The van der Waals surface area contributed by atoms with Crippen LogP contribution in [0.3, 0.4) is 0 Å². The van der Waals surface area contributed by atoms with Crippen molar-refractivity contribution in [3.63, 3.8) is 0 Å². The van der Waals surface area contributed by atoms with Gasteiger partial charge in [0.1, 0.15) is 0 Å². The molecule has 1 aromatic heterocycles. The second-order valence-electron chi connectivity index (χ2n) is 4.41. The predicted octanol–water partition coefficient (Wildman–Crippen LogP) is 3.42. The largest absolute Gasteiger partial charge is 0.454 e. The molecule has 2 aromatic rings. The average molecular weight is 245 g/mol. The number of fused-ring (bicyclic) bond motifs is 1. The Morgan fingerprint density at radius 2 is 2.06 bits per heavy atom. The molecule has 0 bridgehead atoms. The first kappa shape index (κ1) is 9.48. The van der Waals surface area contributed by atoms with Crippen molar-refractivity contribution in [1.82, 2.24) is 4.98 Å². The molecule has 4 rings (SSSR count). The lowest BCUT2D eigenvalue weighted by atomic mass is 10.1. The molecule has 1 aliphatic heterocycles. The Labute approximate surface area is 103 Å². The van der Waals surface area contributed by atoms with Gasteiger partial charge >= 0.3 is 0 Å². The van der Waals surface area contributed by atoms with Crippen LogP contribution in [0, 0.1) is 0 Å². The van der Waals surface area contributed by atoms with Gasteiger partial charge in [-0.15, -0.1) is 11.3 Å². The maximum Gasteiger partial charge on any atom is 0.231 e. The zero-order chi connectivity index (χ0) is 11.2. The van der Waals surface area contributed by atoms with Crippen molar-refractivity contribution in [3.8, 4) is 22.8 Å². The first-order chi connectivity index (χ1) is 8.40. The van der Waals surface area contributed by atoms with Crippen molar-refractivity contribution in [2.75, 3.05) is 6.79 Å². The lowest BCUT2D eigenvalue weighted by Gasteiger charge is -1.99. The zero-order valence-electron chi connectivity index (χ0n) is 9.18. The van der Waals surface area contributed by atoms with E-state index in [-0.39, 0.29) is 0 Å². The van der Waals surface area contributed by atoms with E-state index in [1.165, 1.54) is 17.8 Å². The Morgan fingerprint density at radius 3 is 2.94 bits per heavy atom. The smallest absolute Gasteiger partial charge is 0.231 e. The Hall–Kier alpha value is -1.55. The standard InChI is InChI=1S/C13H11NO2S/c1-2-8(1)13-14-10(6-17-13)9-3-4-11-12(5-9)16-7-15-11/h3-6,8H,1-2,7H2. The third kappa shape index (κ3) is 1.60. The summed E-state index contributed by atoms with van der Waals surface area (Å²) in [6, 6.07) is 6.00. The molecule has 0 radical (unpaired) electrons. The number of rotatable bonds is 2. The van der Waals surface area contributed by atoms with Crippen LogP contribution in [0.1, 0.15) is 23.8 Å². The normalized spacial score (nSPS) is 17.4. The molecule has 17 heavy (non-hydrogen) atoms. The van der Waals surface area contributed by atoms with Crippen molar-refractivity contribution in [1.29, 1.82) is 0 Å². The van der Waals surface area contributed by atoms with Gasteiger partial charge in [0.15, 0.2) is 11.5 Å². The highest BCUT2D eigenvalue weighted by Crippen LogP contribution is 2.43. The van der Waals surface area contributed by atoms with Gasteiger partial charge in [0.05, 0.1) is 10.7 Å². The third-order valence-electron chi connectivity index (χ3n) is 3.12. The summed E-state index contributed by atoms with van der Waals surface area (Å²) in [5.74, 6) is 2.37. The van der Waals surface area contributed by atoms with Gasteiger partial charge in [-0.3, -0.25) is 0 Å². The van der Waals surface area contributed by atoms with Crippen molar-refractivity contribution in [2.45, 2.75) is 18.8 Å². The highest BCUT2D eigenvalue weighted by atomic mass is 32.1. The van der Waals surface area contributed by atoms with Gasteiger partial charge in [-0.25, -0.2) is 4.98 Å².